The van der Waals surface area contributed by atoms with Crippen molar-refractivity contribution in [3.63, 3.8) is 0 Å². The maximum absolute atomic E-state index is 12.1. The van der Waals surface area contributed by atoms with E-state index in [9.17, 15) is 9.59 Å². The Morgan fingerprint density at radius 3 is 2.54 bits per heavy atom. The van der Waals surface area contributed by atoms with E-state index in [1.807, 2.05) is 6.92 Å². The van der Waals surface area contributed by atoms with Gasteiger partial charge in [0.2, 0.25) is 0 Å². The fourth-order valence-corrected chi connectivity index (χ4v) is 3.43. The summed E-state index contributed by atoms with van der Waals surface area (Å²) < 4.78 is 5.52. The average molecular weight is 380 g/mol. The average Bonchev–Trinajstić information content (AvgIpc) is 2.75. The van der Waals surface area contributed by atoms with Crippen LogP contribution in [0, 0.1) is 0 Å². The fourth-order valence-electron chi connectivity index (χ4n) is 3.43. The molecule has 1 unspecified atom stereocenters. The Morgan fingerprint density at radius 2 is 1.82 bits per heavy atom. The van der Waals surface area contributed by atoms with Crippen LogP contribution in [0.2, 0.25) is 0 Å². The number of nitrogens with zero attached hydrogens (tertiary/aromatic N) is 1. The van der Waals surface area contributed by atoms with E-state index in [1.54, 1.807) is 24.3 Å². The van der Waals surface area contributed by atoms with Gasteiger partial charge < -0.3 is 10.1 Å². The molecule has 3 rings (SSSR count). The summed E-state index contributed by atoms with van der Waals surface area (Å²) >= 11 is 0. The quantitative estimate of drug-likeness (QED) is 0.715. The number of hydrogen-bond donors (Lipinski definition) is 1. The van der Waals surface area contributed by atoms with Gasteiger partial charge in [0, 0.05) is 37.7 Å². The number of Topliss-reactive ketones (excluding diaryl/α,β-unsaturated/α-hetero) is 1. The number of ether oxygens (including phenoxy) is 1. The first-order valence-corrected chi connectivity index (χ1v) is 9.90. The van der Waals surface area contributed by atoms with Crippen molar-refractivity contribution in [2.75, 3.05) is 19.7 Å². The van der Waals surface area contributed by atoms with Crippen molar-refractivity contribution >= 4 is 11.7 Å². The van der Waals surface area contributed by atoms with Gasteiger partial charge in [0.25, 0.3) is 5.91 Å². The van der Waals surface area contributed by atoms with Crippen molar-refractivity contribution < 1.29 is 14.3 Å². The van der Waals surface area contributed by atoms with E-state index in [1.165, 1.54) is 11.1 Å². The molecule has 2 aromatic rings. The highest BCUT2D eigenvalue weighted by molar-refractivity contribution is 5.95. The molecule has 28 heavy (non-hydrogen) atoms. The third-order valence-corrected chi connectivity index (χ3v) is 5.25. The van der Waals surface area contributed by atoms with Gasteiger partial charge in [-0.25, -0.2) is 0 Å². The summed E-state index contributed by atoms with van der Waals surface area (Å²) in [6.45, 7) is 6.46. The summed E-state index contributed by atoms with van der Waals surface area (Å²) in [7, 11) is 0. The van der Waals surface area contributed by atoms with Crippen LogP contribution in [-0.4, -0.2) is 42.3 Å². The predicted molar refractivity (Wildman–Crippen MR) is 110 cm³/mol. The van der Waals surface area contributed by atoms with Crippen LogP contribution in [0.25, 0.3) is 0 Å². The molecule has 148 valence electrons. The van der Waals surface area contributed by atoms with Crippen molar-refractivity contribution in [3.8, 4) is 5.75 Å². The third kappa shape index (κ3) is 5.20. The zero-order chi connectivity index (χ0) is 19.9. The van der Waals surface area contributed by atoms with Crippen LogP contribution in [0.5, 0.6) is 5.75 Å². The molecule has 0 saturated heterocycles. The summed E-state index contributed by atoms with van der Waals surface area (Å²) in [4.78, 5) is 26.1. The fraction of sp³-hybridized carbons (Fsp3) is 0.391. The van der Waals surface area contributed by atoms with Crippen LogP contribution in [0.4, 0.5) is 0 Å². The number of rotatable bonds is 8. The van der Waals surface area contributed by atoms with Gasteiger partial charge in [0.15, 0.2) is 12.4 Å². The Labute approximate surface area is 166 Å². The zero-order valence-electron chi connectivity index (χ0n) is 16.6. The monoisotopic (exact) mass is 380 g/mol. The summed E-state index contributed by atoms with van der Waals surface area (Å²) in [5.41, 5.74) is 3.46. The first-order valence-electron chi connectivity index (χ1n) is 9.90. The molecule has 1 heterocycles. The highest BCUT2D eigenvalue weighted by Crippen LogP contribution is 2.20. The van der Waals surface area contributed by atoms with Gasteiger partial charge in [-0.2, -0.15) is 0 Å². The Morgan fingerprint density at radius 1 is 1.11 bits per heavy atom. The Kier molecular flexibility index (Phi) is 6.82. The van der Waals surface area contributed by atoms with Gasteiger partial charge in [0.05, 0.1) is 0 Å². The molecule has 1 aliphatic heterocycles. The van der Waals surface area contributed by atoms with E-state index >= 15 is 0 Å². The lowest BCUT2D eigenvalue weighted by Crippen LogP contribution is -2.45. The van der Waals surface area contributed by atoms with Crippen LogP contribution in [0.15, 0.2) is 48.5 Å². The zero-order valence-corrected chi connectivity index (χ0v) is 16.6. The molecule has 2 aromatic carbocycles. The number of benzene rings is 2. The summed E-state index contributed by atoms with van der Waals surface area (Å²) in [6.07, 6.45) is 1.53. The van der Waals surface area contributed by atoms with E-state index in [4.69, 9.17) is 4.74 Å². The number of amides is 1. The number of fused-ring (bicyclic) bond motifs is 1. The topological polar surface area (TPSA) is 58.6 Å². The molecular formula is C23H28N2O3. The molecule has 0 bridgehead atoms. The van der Waals surface area contributed by atoms with Crippen LogP contribution < -0.4 is 10.1 Å². The van der Waals surface area contributed by atoms with E-state index in [-0.39, 0.29) is 24.3 Å². The highest BCUT2D eigenvalue weighted by atomic mass is 16.5. The normalized spacial score (nSPS) is 14.8. The standard InChI is InChI=1S/C23H28N2O3/c1-3-22(26)19-8-10-21(11-9-19)28-16-23(27)24-14-17(2)25-13-12-18-6-4-5-7-20(18)15-25/h4-11,17H,3,12-16H2,1-2H3,(H,24,27). The molecule has 1 atom stereocenters. The molecule has 5 nitrogen and oxygen atoms in total. The molecule has 0 spiro atoms. The third-order valence-electron chi connectivity index (χ3n) is 5.25. The Bertz CT molecular complexity index is 817. The minimum absolute atomic E-state index is 0.0311. The molecule has 0 aromatic heterocycles. The number of carbonyl (C=O) groups is 2. The first-order chi connectivity index (χ1) is 13.6. The number of carbonyl (C=O) groups excluding carboxylic acids is 2. The summed E-state index contributed by atoms with van der Waals surface area (Å²) in [6, 6.07) is 15.7. The van der Waals surface area contributed by atoms with E-state index in [0.717, 1.165) is 19.5 Å². The van der Waals surface area contributed by atoms with Crippen molar-refractivity contribution in [2.45, 2.75) is 39.3 Å². The highest BCUT2D eigenvalue weighted by Gasteiger charge is 2.20. The minimum atomic E-state index is -0.141. The van der Waals surface area contributed by atoms with Gasteiger partial charge in [-0.15, -0.1) is 0 Å². The lowest BCUT2D eigenvalue weighted by atomic mass is 9.99. The van der Waals surface area contributed by atoms with E-state index in [0.29, 0.717) is 24.3 Å². The second-order valence-electron chi connectivity index (χ2n) is 7.23. The summed E-state index contributed by atoms with van der Waals surface area (Å²) in [5.74, 6) is 0.542. The van der Waals surface area contributed by atoms with Gasteiger partial charge >= 0.3 is 0 Å². The molecule has 5 heteroatoms. The van der Waals surface area contributed by atoms with Crippen LogP contribution in [0.3, 0.4) is 0 Å². The lowest BCUT2D eigenvalue weighted by molar-refractivity contribution is -0.123. The van der Waals surface area contributed by atoms with Crippen molar-refractivity contribution in [1.82, 2.24) is 10.2 Å². The number of ketones is 1. The SMILES string of the molecule is CCC(=O)c1ccc(OCC(=O)NCC(C)N2CCc3ccccc3C2)cc1. The minimum Gasteiger partial charge on any atom is -0.484 e. The van der Waals surface area contributed by atoms with E-state index < -0.39 is 0 Å². The molecule has 0 aliphatic carbocycles. The first kappa shape index (κ1) is 20.1. The maximum Gasteiger partial charge on any atom is 0.257 e. The second-order valence-corrected chi connectivity index (χ2v) is 7.23. The van der Waals surface area contributed by atoms with Gasteiger partial charge in [-0.1, -0.05) is 31.2 Å². The van der Waals surface area contributed by atoms with Crippen LogP contribution in [-0.2, 0) is 17.8 Å². The van der Waals surface area contributed by atoms with Gasteiger partial charge in [-0.05, 0) is 48.7 Å². The summed E-state index contributed by atoms with van der Waals surface area (Å²) in [5, 5.41) is 2.95. The predicted octanol–water partition coefficient (Wildman–Crippen LogP) is 3.22. The molecule has 0 radical (unpaired) electrons. The van der Waals surface area contributed by atoms with Gasteiger partial charge in [-0.3, -0.25) is 14.5 Å². The molecule has 0 fully saturated rings. The van der Waals surface area contributed by atoms with Crippen LogP contribution >= 0.6 is 0 Å². The molecule has 1 N–H and O–H groups in total. The molecular weight excluding hydrogens is 352 g/mol. The number of nitrogens with one attached hydrogen (secondary N) is 1. The largest absolute Gasteiger partial charge is 0.484 e. The van der Waals surface area contributed by atoms with Crippen molar-refractivity contribution in [1.29, 1.82) is 0 Å². The Balaban J connectivity index is 1.41. The van der Waals surface area contributed by atoms with Crippen molar-refractivity contribution in [3.05, 3.63) is 65.2 Å². The molecule has 1 amide bonds. The van der Waals surface area contributed by atoms with Crippen molar-refractivity contribution in [2.24, 2.45) is 0 Å². The van der Waals surface area contributed by atoms with E-state index in [2.05, 4.69) is 41.4 Å². The molecule has 1 aliphatic rings. The van der Waals surface area contributed by atoms with Gasteiger partial charge in [0.1, 0.15) is 5.75 Å². The maximum atomic E-state index is 12.1. The molecule has 0 saturated carbocycles. The smallest absolute Gasteiger partial charge is 0.257 e. The number of hydrogen-bond acceptors (Lipinski definition) is 4. The second kappa shape index (κ2) is 9.51. The lowest BCUT2D eigenvalue weighted by Gasteiger charge is -2.33. The van der Waals surface area contributed by atoms with Crippen LogP contribution in [0.1, 0.15) is 41.8 Å². The Hall–Kier alpha value is -2.66.